The Bertz CT molecular complexity index is 420. The van der Waals surface area contributed by atoms with Gasteiger partial charge in [0.05, 0.1) is 12.9 Å². The lowest BCUT2D eigenvalue weighted by Gasteiger charge is -2.21. The molecule has 4 nitrogen and oxygen atoms in total. The molecule has 0 bridgehead atoms. The number of nitrogens with one attached hydrogen (secondary N) is 1. The minimum absolute atomic E-state index is 0.277. The normalized spacial score (nSPS) is 14.8. The van der Waals surface area contributed by atoms with Crippen LogP contribution < -0.4 is 14.8 Å². The molecule has 104 valence electrons. The van der Waals surface area contributed by atoms with E-state index >= 15 is 0 Å². The molecule has 1 heterocycles. The van der Waals surface area contributed by atoms with E-state index in [0.29, 0.717) is 19.8 Å². The molecule has 0 amide bonds. The lowest BCUT2D eigenvalue weighted by molar-refractivity contribution is 0.171. The highest BCUT2D eigenvalue weighted by molar-refractivity contribution is 5.44. The Kier molecular flexibility index (Phi) is 5.10. The van der Waals surface area contributed by atoms with Gasteiger partial charge in [0.1, 0.15) is 13.2 Å². The quantitative estimate of drug-likeness (QED) is 0.606. The molecule has 1 N–H and O–H groups in total. The van der Waals surface area contributed by atoms with E-state index in [4.69, 9.17) is 14.2 Å². The molecule has 0 fully saturated rings. The van der Waals surface area contributed by atoms with Gasteiger partial charge in [0.2, 0.25) is 0 Å². The number of hydrogen-bond acceptors (Lipinski definition) is 4. The second-order valence-corrected chi connectivity index (χ2v) is 4.47. The molecule has 1 aliphatic heterocycles. The Morgan fingerprint density at radius 2 is 2.16 bits per heavy atom. The number of ether oxygens (including phenoxy) is 3. The molecule has 1 atom stereocenters. The molecule has 0 radical (unpaired) electrons. The Morgan fingerprint density at radius 3 is 2.95 bits per heavy atom. The molecule has 1 unspecified atom stereocenters. The Balaban J connectivity index is 1.85. The van der Waals surface area contributed by atoms with Crippen LogP contribution in [0.15, 0.2) is 31.0 Å². The zero-order valence-corrected chi connectivity index (χ0v) is 11.4. The van der Waals surface area contributed by atoms with Crippen molar-refractivity contribution in [1.82, 2.24) is 5.32 Å². The average Bonchev–Trinajstić information content (AvgIpc) is 2.46. The van der Waals surface area contributed by atoms with Gasteiger partial charge in [-0.05, 0) is 37.6 Å². The van der Waals surface area contributed by atoms with E-state index in [0.717, 1.165) is 24.5 Å². The van der Waals surface area contributed by atoms with Crippen molar-refractivity contribution in [3.8, 4) is 11.5 Å². The van der Waals surface area contributed by atoms with E-state index in [2.05, 4.69) is 24.9 Å². The predicted molar refractivity (Wildman–Crippen MR) is 74.6 cm³/mol. The molecule has 0 aromatic heterocycles. The molecule has 1 aromatic rings. The largest absolute Gasteiger partial charge is 0.502 e. The summed E-state index contributed by atoms with van der Waals surface area (Å²) in [5.74, 6) is 1.67. The predicted octanol–water partition coefficient (Wildman–Crippen LogP) is 2.66. The van der Waals surface area contributed by atoms with Crippen molar-refractivity contribution in [1.29, 1.82) is 0 Å². The van der Waals surface area contributed by atoms with E-state index < -0.39 is 0 Å². The topological polar surface area (TPSA) is 39.7 Å². The third-order valence-corrected chi connectivity index (χ3v) is 3.07. The molecule has 1 aromatic carbocycles. The molecular weight excluding hydrogens is 242 g/mol. The number of rotatable bonds is 7. The first-order valence-corrected chi connectivity index (χ1v) is 6.66. The van der Waals surface area contributed by atoms with E-state index in [9.17, 15) is 0 Å². The van der Waals surface area contributed by atoms with Crippen LogP contribution in [0.1, 0.15) is 24.9 Å². The molecule has 2 rings (SSSR count). The number of hydrogen-bond donors (Lipinski definition) is 1. The molecular formula is C15H21NO3. The second-order valence-electron chi connectivity index (χ2n) is 4.47. The smallest absolute Gasteiger partial charge is 0.161 e. The second kappa shape index (κ2) is 7.04. The van der Waals surface area contributed by atoms with Gasteiger partial charge in [-0.15, -0.1) is 0 Å². The maximum Gasteiger partial charge on any atom is 0.161 e. The van der Waals surface area contributed by atoms with Crippen LogP contribution >= 0.6 is 0 Å². The Morgan fingerprint density at radius 1 is 1.37 bits per heavy atom. The maximum atomic E-state index is 5.59. The fraction of sp³-hybridized carbons (Fsp3) is 0.467. The molecule has 4 heteroatoms. The SMILES string of the molecule is C=COCCCNC(C)c1ccc2c(c1)OCCO2. The third kappa shape index (κ3) is 3.89. The summed E-state index contributed by atoms with van der Waals surface area (Å²) in [6, 6.07) is 6.38. The highest BCUT2D eigenvalue weighted by Gasteiger charge is 2.13. The van der Waals surface area contributed by atoms with Crippen molar-refractivity contribution < 1.29 is 14.2 Å². The zero-order chi connectivity index (χ0) is 13.5. The van der Waals surface area contributed by atoms with E-state index in [-0.39, 0.29) is 6.04 Å². The van der Waals surface area contributed by atoms with Crippen molar-refractivity contribution in [3.63, 3.8) is 0 Å². The maximum absolute atomic E-state index is 5.59. The third-order valence-electron chi connectivity index (χ3n) is 3.07. The summed E-state index contributed by atoms with van der Waals surface area (Å²) in [5, 5.41) is 3.45. The van der Waals surface area contributed by atoms with Crippen LogP contribution in [0.3, 0.4) is 0 Å². The summed E-state index contributed by atoms with van der Waals surface area (Å²) < 4.78 is 16.2. The fourth-order valence-electron chi connectivity index (χ4n) is 2.00. The van der Waals surface area contributed by atoms with Gasteiger partial charge >= 0.3 is 0 Å². The highest BCUT2D eigenvalue weighted by Crippen LogP contribution is 2.32. The molecule has 0 aliphatic carbocycles. The van der Waals surface area contributed by atoms with Crippen molar-refractivity contribution in [3.05, 3.63) is 36.6 Å². The molecule has 1 aliphatic rings. The van der Waals surface area contributed by atoms with Crippen LogP contribution in [0, 0.1) is 0 Å². The minimum atomic E-state index is 0.277. The summed E-state index contributed by atoms with van der Waals surface area (Å²) in [5.41, 5.74) is 1.20. The highest BCUT2D eigenvalue weighted by atomic mass is 16.6. The molecule has 0 spiro atoms. The first-order chi connectivity index (χ1) is 9.31. The van der Waals surface area contributed by atoms with Crippen molar-refractivity contribution in [2.75, 3.05) is 26.4 Å². The molecule has 19 heavy (non-hydrogen) atoms. The van der Waals surface area contributed by atoms with Crippen molar-refractivity contribution >= 4 is 0 Å². The van der Waals surface area contributed by atoms with Gasteiger partial charge in [-0.3, -0.25) is 0 Å². The van der Waals surface area contributed by atoms with Crippen LogP contribution in [0.4, 0.5) is 0 Å². The van der Waals surface area contributed by atoms with E-state index in [1.165, 1.54) is 11.8 Å². The first-order valence-electron chi connectivity index (χ1n) is 6.66. The summed E-state index contributed by atoms with van der Waals surface area (Å²) in [6.45, 7) is 8.51. The first kappa shape index (κ1) is 13.7. The summed E-state index contributed by atoms with van der Waals surface area (Å²) in [6.07, 6.45) is 2.44. The summed E-state index contributed by atoms with van der Waals surface area (Å²) in [4.78, 5) is 0. The van der Waals surface area contributed by atoms with Crippen LogP contribution in [0.5, 0.6) is 11.5 Å². The van der Waals surface area contributed by atoms with Gasteiger partial charge in [-0.25, -0.2) is 0 Å². The van der Waals surface area contributed by atoms with Crippen LogP contribution in [0.25, 0.3) is 0 Å². The van der Waals surface area contributed by atoms with E-state index in [1.54, 1.807) is 0 Å². The van der Waals surface area contributed by atoms with Crippen LogP contribution in [-0.4, -0.2) is 26.4 Å². The Labute approximate surface area is 114 Å². The van der Waals surface area contributed by atoms with Gasteiger partial charge in [0, 0.05) is 6.04 Å². The van der Waals surface area contributed by atoms with Gasteiger partial charge in [0.25, 0.3) is 0 Å². The van der Waals surface area contributed by atoms with E-state index in [1.807, 2.05) is 12.1 Å². The lowest BCUT2D eigenvalue weighted by atomic mass is 10.1. The number of fused-ring (bicyclic) bond motifs is 1. The average molecular weight is 263 g/mol. The van der Waals surface area contributed by atoms with Gasteiger partial charge in [-0.1, -0.05) is 12.6 Å². The monoisotopic (exact) mass is 263 g/mol. The van der Waals surface area contributed by atoms with Crippen LogP contribution in [-0.2, 0) is 4.74 Å². The van der Waals surface area contributed by atoms with Crippen molar-refractivity contribution in [2.45, 2.75) is 19.4 Å². The molecule has 0 saturated carbocycles. The summed E-state index contributed by atoms with van der Waals surface area (Å²) >= 11 is 0. The zero-order valence-electron chi connectivity index (χ0n) is 11.4. The van der Waals surface area contributed by atoms with Crippen molar-refractivity contribution in [2.24, 2.45) is 0 Å². The molecule has 0 saturated heterocycles. The fourth-order valence-corrected chi connectivity index (χ4v) is 2.00. The van der Waals surface area contributed by atoms with Gasteiger partial charge in [-0.2, -0.15) is 0 Å². The van der Waals surface area contributed by atoms with Gasteiger partial charge < -0.3 is 19.5 Å². The number of benzene rings is 1. The standard InChI is InChI=1S/C15H21NO3/c1-3-17-8-4-7-16-12(2)13-5-6-14-15(11-13)19-10-9-18-14/h3,5-6,11-12,16H,1,4,7-10H2,2H3. The van der Waals surface area contributed by atoms with Crippen LogP contribution in [0.2, 0.25) is 0 Å². The lowest BCUT2D eigenvalue weighted by Crippen LogP contribution is -2.21. The van der Waals surface area contributed by atoms with Gasteiger partial charge in [0.15, 0.2) is 11.5 Å². The minimum Gasteiger partial charge on any atom is -0.502 e. The Hall–Kier alpha value is -1.68. The summed E-state index contributed by atoms with van der Waals surface area (Å²) in [7, 11) is 0.